The third-order valence-corrected chi connectivity index (χ3v) is 3.49. The molecule has 0 aromatic heterocycles. The van der Waals surface area contributed by atoms with Crippen LogP contribution in [0.5, 0.6) is 5.75 Å². The largest absolute Gasteiger partial charge is 0.494 e. The number of Topliss-reactive ketones (excluding diaryl/α,β-unsaturated/α-hetero) is 1. The molecule has 1 N–H and O–H groups in total. The van der Waals surface area contributed by atoms with E-state index in [0.29, 0.717) is 17.9 Å². The standard InChI is InChI=1S/C17H16N2O3/c1-2-22-13-9-7-12(8-10-13)18-11-19-15-6-4-3-5-14(15)16(20)17(19)21/h3-10,18H,2,11H2,1H3. The molecule has 22 heavy (non-hydrogen) atoms. The summed E-state index contributed by atoms with van der Waals surface area (Å²) in [5, 5.41) is 3.15. The fourth-order valence-electron chi connectivity index (χ4n) is 2.41. The van der Waals surface area contributed by atoms with E-state index in [2.05, 4.69) is 5.32 Å². The first-order chi connectivity index (χ1) is 10.7. The molecule has 2 aromatic rings. The third kappa shape index (κ3) is 2.53. The molecule has 0 atom stereocenters. The second kappa shape index (κ2) is 5.89. The molecule has 0 bridgehead atoms. The van der Waals surface area contributed by atoms with Crippen LogP contribution >= 0.6 is 0 Å². The summed E-state index contributed by atoms with van der Waals surface area (Å²) in [7, 11) is 0. The molecule has 0 radical (unpaired) electrons. The van der Waals surface area contributed by atoms with E-state index in [1.54, 1.807) is 18.2 Å². The average molecular weight is 296 g/mol. The zero-order valence-electron chi connectivity index (χ0n) is 12.2. The van der Waals surface area contributed by atoms with Crippen molar-refractivity contribution >= 4 is 23.1 Å². The molecule has 1 aliphatic heterocycles. The van der Waals surface area contributed by atoms with Crippen molar-refractivity contribution in [3.8, 4) is 5.75 Å². The molecular formula is C17H16N2O3. The van der Waals surface area contributed by atoms with E-state index in [-0.39, 0.29) is 6.67 Å². The Morgan fingerprint density at radius 3 is 2.50 bits per heavy atom. The number of para-hydroxylation sites is 1. The molecule has 112 valence electrons. The maximum absolute atomic E-state index is 12.0. The molecule has 0 aliphatic carbocycles. The monoisotopic (exact) mass is 296 g/mol. The van der Waals surface area contributed by atoms with Crippen LogP contribution in [0.2, 0.25) is 0 Å². The lowest BCUT2D eigenvalue weighted by atomic mass is 10.1. The number of carbonyl (C=O) groups excluding carboxylic acids is 2. The molecule has 5 nitrogen and oxygen atoms in total. The Labute approximate surface area is 128 Å². The van der Waals surface area contributed by atoms with E-state index < -0.39 is 11.7 Å². The van der Waals surface area contributed by atoms with Crippen LogP contribution in [0.25, 0.3) is 0 Å². The van der Waals surface area contributed by atoms with Gasteiger partial charge in [0.15, 0.2) is 0 Å². The van der Waals surface area contributed by atoms with Gasteiger partial charge in [0.25, 0.3) is 5.78 Å². The van der Waals surface area contributed by atoms with Gasteiger partial charge in [-0.25, -0.2) is 0 Å². The molecule has 0 saturated carbocycles. The van der Waals surface area contributed by atoms with Crippen molar-refractivity contribution in [2.75, 3.05) is 23.5 Å². The summed E-state index contributed by atoms with van der Waals surface area (Å²) in [6.07, 6.45) is 0. The molecule has 2 aromatic carbocycles. The molecule has 0 unspecified atom stereocenters. The van der Waals surface area contributed by atoms with Gasteiger partial charge in [-0.05, 0) is 43.3 Å². The minimum Gasteiger partial charge on any atom is -0.494 e. The first-order valence-corrected chi connectivity index (χ1v) is 7.12. The van der Waals surface area contributed by atoms with Gasteiger partial charge in [0.05, 0.1) is 24.5 Å². The summed E-state index contributed by atoms with van der Waals surface area (Å²) in [6.45, 7) is 2.79. The Bertz CT molecular complexity index is 710. The van der Waals surface area contributed by atoms with Gasteiger partial charge in [0, 0.05) is 5.69 Å². The van der Waals surface area contributed by atoms with Crippen molar-refractivity contribution in [1.29, 1.82) is 0 Å². The second-order valence-corrected chi connectivity index (χ2v) is 4.87. The van der Waals surface area contributed by atoms with Crippen LogP contribution in [0.3, 0.4) is 0 Å². The Morgan fingerprint density at radius 1 is 1.05 bits per heavy atom. The van der Waals surface area contributed by atoms with Gasteiger partial charge >= 0.3 is 5.91 Å². The molecule has 0 fully saturated rings. The van der Waals surface area contributed by atoms with E-state index in [1.165, 1.54) is 4.90 Å². The Balaban J connectivity index is 1.71. The number of carbonyl (C=O) groups is 2. The first kappa shape index (κ1) is 14.1. The zero-order chi connectivity index (χ0) is 15.5. The lowest BCUT2D eigenvalue weighted by molar-refractivity contribution is -0.114. The van der Waals surface area contributed by atoms with E-state index in [1.807, 2.05) is 37.3 Å². The maximum Gasteiger partial charge on any atom is 0.300 e. The topological polar surface area (TPSA) is 58.6 Å². The van der Waals surface area contributed by atoms with Gasteiger partial charge in [-0.3, -0.25) is 14.5 Å². The SMILES string of the molecule is CCOc1ccc(NCN2C(=O)C(=O)c3ccccc32)cc1. The lowest BCUT2D eigenvalue weighted by Crippen LogP contribution is -2.34. The zero-order valence-corrected chi connectivity index (χ0v) is 12.2. The number of ketones is 1. The van der Waals surface area contributed by atoms with Crippen LogP contribution in [0.1, 0.15) is 17.3 Å². The maximum atomic E-state index is 12.0. The van der Waals surface area contributed by atoms with Crippen LogP contribution < -0.4 is 15.0 Å². The van der Waals surface area contributed by atoms with Gasteiger partial charge in [-0.15, -0.1) is 0 Å². The van der Waals surface area contributed by atoms with Gasteiger partial charge in [0.1, 0.15) is 5.75 Å². The fraction of sp³-hybridized carbons (Fsp3) is 0.176. The Morgan fingerprint density at radius 2 is 1.77 bits per heavy atom. The molecule has 5 heteroatoms. The number of hydrogen-bond acceptors (Lipinski definition) is 4. The average Bonchev–Trinajstić information content (AvgIpc) is 2.79. The summed E-state index contributed by atoms with van der Waals surface area (Å²) in [5.74, 6) is -0.158. The van der Waals surface area contributed by atoms with E-state index in [9.17, 15) is 9.59 Å². The predicted octanol–water partition coefficient (Wildman–Crippen LogP) is 2.68. The van der Waals surface area contributed by atoms with Gasteiger partial charge in [-0.1, -0.05) is 12.1 Å². The molecule has 1 heterocycles. The number of anilines is 2. The highest BCUT2D eigenvalue weighted by atomic mass is 16.5. The Hall–Kier alpha value is -2.82. The molecule has 3 rings (SSSR count). The van der Waals surface area contributed by atoms with Crippen LogP contribution in [0.4, 0.5) is 11.4 Å². The highest BCUT2D eigenvalue weighted by Gasteiger charge is 2.35. The number of hydrogen-bond donors (Lipinski definition) is 1. The minimum atomic E-state index is -0.500. The summed E-state index contributed by atoms with van der Waals surface area (Å²) in [6, 6.07) is 14.5. The Kier molecular flexibility index (Phi) is 3.78. The molecule has 0 saturated heterocycles. The number of rotatable bonds is 5. The normalized spacial score (nSPS) is 13.2. The van der Waals surface area contributed by atoms with Crippen molar-refractivity contribution in [2.45, 2.75) is 6.92 Å². The number of ether oxygens (including phenoxy) is 1. The fourth-order valence-corrected chi connectivity index (χ4v) is 2.41. The quantitative estimate of drug-likeness (QED) is 0.862. The predicted molar refractivity (Wildman–Crippen MR) is 84.4 cm³/mol. The van der Waals surface area contributed by atoms with Gasteiger partial charge in [0.2, 0.25) is 0 Å². The van der Waals surface area contributed by atoms with Crippen LogP contribution in [0, 0.1) is 0 Å². The summed E-state index contributed by atoms with van der Waals surface area (Å²) < 4.78 is 5.38. The van der Waals surface area contributed by atoms with Crippen LogP contribution in [-0.4, -0.2) is 25.0 Å². The molecular weight excluding hydrogens is 280 g/mol. The van der Waals surface area contributed by atoms with E-state index >= 15 is 0 Å². The van der Waals surface area contributed by atoms with E-state index in [0.717, 1.165) is 11.4 Å². The van der Waals surface area contributed by atoms with Crippen molar-refractivity contribution in [3.05, 3.63) is 54.1 Å². The van der Waals surface area contributed by atoms with Crippen molar-refractivity contribution in [3.63, 3.8) is 0 Å². The number of amides is 1. The van der Waals surface area contributed by atoms with Crippen molar-refractivity contribution < 1.29 is 14.3 Å². The smallest absolute Gasteiger partial charge is 0.300 e. The molecule has 0 spiro atoms. The third-order valence-electron chi connectivity index (χ3n) is 3.49. The van der Waals surface area contributed by atoms with Crippen LogP contribution in [0.15, 0.2) is 48.5 Å². The van der Waals surface area contributed by atoms with Gasteiger partial charge in [-0.2, -0.15) is 0 Å². The van der Waals surface area contributed by atoms with Gasteiger partial charge < -0.3 is 10.1 Å². The highest BCUT2D eigenvalue weighted by molar-refractivity contribution is 6.52. The number of nitrogens with zero attached hydrogens (tertiary/aromatic N) is 1. The van der Waals surface area contributed by atoms with Crippen molar-refractivity contribution in [2.24, 2.45) is 0 Å². The number of fused-ring (bicyclic) bond motifs is 1. The molecule has 1 aliphatic rings. The van der Waals surface area contributed by atoms with Crippen molar-refractivity contribution in [1.82, 2.24) is 0 Å². The summed E-state index contributed by atoms with van der Waals surface area (Å²) >= 11 is 0. The summed E-state index contributed by atoms with van der Waals surface area (Å²) in [4.78, 5) is 25.4. The molecule has 1 amide bonds. The number of nitrogens with one attached hydrogen (secondary N) is 1. The second-order valence-electron chi connectivity index (χ2n) is 4.87. The number of benzene rings is 2. The summed E-state index contributed by atoms with van der Waals surface area (Å²) in [5.41, 5.74) is 1.96. The highest BCUT2D eigenvalue weighted by Crippen LogP contribution is 2.28. The van der Waals surface area contributed by atoms with Crippen LogP contribution in [-0.2, 0) is 4.79 Å². The van der Waals surface area contributed by atoms with E-state index in [4.69, 9.17) is 4.74 Å². The lowest BCUT2D eigenvalue weighted by Gasteiger charge is -2.18. The first-order valence-electron chi connectivity index (χ1n) is 7.12. The minimum absolute atomic E-state index is 0.246.